The van der Waals surface area contributed by atoms with E-state index in [1.165, 1.54) is 17.2 Å². The zero-order valence-corrected chi connectivity index (χ0v) is 15.7. The molecule has 0 bridgehead atoms. The lowest BCUT2D eigenvalue weighted by molar-refractivity contribution is 0.0947. The van der Waals surface area contributed by atoms with E-state index >= 15 is 0 Å². The van der Waals surface area contributed by atoms with Crippen LogP contribution in [0, 0.1) is 5.92 Å². The molecule has 1 amide bonds. The first-order valence-corrected chi connectivity index (χ1v) is 10.0. The minimum atomic E-state index is -3.52. The molecule has 2 aromatic rings. The fourth-order valence-electron chi connectivity index (χ4n) is 3.08. The molecule has 3 heterocycles. The normalized spacial score (nSPS) is 17.9. The van der Waals surface area contributed by atoms with Gasteiger partial charge in [-0.25, -0.2) is 13.4 Å². The zero-order chi connectivity index (χ0) is 17.2. The Morgan fingerprint density at radius 1 is 1.44 bits per heavy atom. The average Bonchev–Trinajstić information content (AvgIpc) is 2.96. The molecule has 25 heavy (non-hydrogen) atoms. The van der Waals surface area contributed by atoms with Gasteiger partial charge in [0.1, 0.15) is 0 Å². The number of hydrogen-bond donors (Lipinski definition) is 2. The number of amides is 1. The highest BCUT2D eigenvalue weighted by molar-refractivity contribution is 7.90. The number of fused-ring (bicyclic) bond motifs is 1. The van der Waals surface area contributed by atoms with Gasteiger partial charge in [-0.2, -0.15) is 0 Å². The van der Waals surface area contributed by atoms with Gasteiger partial charge in [0.25, 0.3) is 5.91 Å². The Kier molecular flexibility index (Phi) is 6.42. The topological polar surface area (TPSA) is 92.6 Å². The Morgan fingerprint density at radius 3 is 2.92 bits per heavy atom. The van der Waals surface area contributed by atoms with Crippen LogP contribution in [0.3, 0.4) is 0 Å². The Bertz CT molecular complexity index is 844. The molecule has 7 nitrogen and oxygen atoms in total. The highest BCUT2D eigenvalue weighted by Crippen LogP contribution is 2.17. The number of nitrogens with one attached hydrogen (secondary N) is 2. The first kappa shape index (κ1) is 19.7. The highest BCUT2D eigenvalue weighted by Gasteiger charge is 2.22. The second-order valence-corrected chi connectivity index (χ2v) is 8.14. The van der Waals surface area contributed by atoms with Crippen molar-refractivity contribution in [3.8, 4) is 0 Å². The molecule has 1 atom stereocenters. The number of hydrogen-bond acceptors (Lipinski definition) is 5. The third-order valence-electron chi connectivity index (χ3n) is 4.30. The van der Waals surface area contributed by atoms with Gasteiger partial charge in [0.05, 0.1) is 5.52 Å². The summed E-state index contributed by atoms with van der Waals surface area (Å²) in [6.45, 7) is 2.62. The van der Waals surface area contributed by atoms with Crippen LogP contribution < -0.4 is 10.6 Å². The van der Waals surface area contributed by atoms with Crippen molar-refractivity contribution in [2.75, 3.05) is 25.9 Å². The molecule has 1 saturated heterocycles. The Labute approximate surface area is 153 Å². The van der Waals surface area contributed by atoms with Crippen LogP contribution in [-0.2, 0) is 9.84 Å². The second-order valence-electron chi connectivity index (χ2n) is 6.23. The number of piperidine rings is 1. The van der Waals surface area contributed by atoms with Crippen LogP contribution in [0.15, 0.2) is 29.6 Å². The lowest BCUT2D eigenvalue weighted by Gasteiger charge is -2.22. The van der Waals surface area contributed by atoms with Crippen molar-refractivity contribution in [1.82, 2.24) is 20.0 Å². The van der Waals surface area contributed by atoms with Crippen LogP contribution in [0.4, 0.5) is 0 Å². The fraction of sp³-hybridized carbons (Fsp3) is 0.500. The number of rotatable bonds is 5. The standard InChI is InChI=1S/C16H22N4O3S.ClH/c1-24(22,23)16-19-14(13-6-2-3-10-20(13)16)15(21)18-9-7-12-5-4-8-17-11-12;/h2-3,6,10,12,17H,4-5,7-9,11H2,1H3,(H,18,21);1H. The van der Waals surface area contributed by atoms with E-state index < -0.39 is 9.84 Å². The van der Waals surface area contributed by atoms with Crippen LogP contribution in [-0.4, -0.2) is 49.6 Å². The van der Waals surface area contributed by atoms with Crippen molar-refractivity contribution >= 4 is 33.7 Å². The van der Waals surface area contributed by atoms with Crippen molar-refractivity contribution in [3.63, 3.8) is 0 Å². The Morgan fingerprint density at radius 2 is 2.24 bits per heavy atom. The van der Waals surface area contributed by atoms with Gasteiger partial charge in [0, 0.05) is 19.0 Å². The monoisotopic (exact) mass is 386 g/mol. The van der Waals surface area contributed by atoms with Crippen LogP contribution in [0.25, 0.3) is 5.52 Å². The maximum atomic E-state index is 12.4. The first-order chi connectivity index (χ1) is 11.5. The summed E-state index contributed by atoms with van der Waals surface area (Å²) in [5.41, 5.74) is 0.646. The fourth-order valence-corrected chi connectivity index (χ4v) is 3.86. The lowest BCUT2D eigenvalue weighted by Crippen LogP contribution is -2.33. The number of nitrogens with zero attached hydrogens (tertiary/aromatic N) is 2. The van der Waals surface area contributed by atoms with Crippen LogP contribution in [0.2, 0.25) is 0 Å². The Hall–Kier alpha value is -1.64. The van der Waals surface area contributed by atoms with Crippen LogP contribution >= 0.6 is 12.4 Å². The minimum absolute atomic E-state index is 0. The van der Waals surface area contributed by atoms with E-state index in [2.05, 4.69) is 15.6 Å². The molecule has 1 unspecified atom stereocenters. The van der Waals surface area contributed by atoms with Crippen molar-refractivity contribution in [2.45, 2.75) is 24.4 Å². The maximum absolute atomic E-state index is 12.4. The predicted molar refractivity (Wildman–Crippen MR) is 98.1 cm³/mol. The lowest BCUT2D eigenvalue weighted by atomic mass is 9.96. The molecule has 0 spiro atoms. The van der Waals surface area contributed by atoms with Gasteiger partial charge in [-0.3, -0.25) is 9.20 Å². The maximum Gasteiger partial charge on any atom is 0.272 e. The molecule has 0 saturated carbocycles. The first-order valence-electron chi connectivity index (χ1n) is 8.13. The van der Waals surface area contributed by atoms with E-state index in [1.807, 2.05) is 0 Å². The zero-order valence-electron chi connectivity index (χ0n) is 14.1. The molecule has 1 aliphatic rings. The summed E-state index contributed by atoms with van der Waals surface area (Å²) in [4.78, 5) is 16.5. The molecule has 0 aliphatic carbocycles. The second kappa shape index (κ2) is 8.16. The molecule has 0 aromatic carbocycles. The van der Waals surface area contributed by atoms with Gasteiger partial charge in [0.15, 0.2) is 5.69 Å². The van der Waals surface area contributed by atoms with Gasteiger partial charge in [-0.05, 0) is 50.4 Å². The minimum Gasteiger partial charge on any atom is -0.351 e. The molecule has 1 fully saturated rings. The van der Waals surface area contributed by atoms with Gasteiger partial charge < -0.3 is 10.6 Å². The average molecular weight is 387 g/mol. The smallest absolute Gasteiger partial charge is 0.272 e. The van der Waals surface area contributed by atoms with E-state index in [4.69, 9.17) is 0 Å². The largest absolute Gasteiger partial charge is 0.351 e. The van der Waals surface area contributed by atoms with Crippen molar-refractivity contribution in [1.29, 1.82) is 0 Å². The van der Waals surface area contributed by atoms with Gasteiger partial charge >= 0.3 is 0 Å². The summed E-state index contributed by atoms with van der Waals surface area (Å²) >= 11 is 0. The molecule has 0 radical (unpaired) electrons. The van der Waals surface area contributed by atoms with E-state index in [0.717, 1.165) is 25.8 Å². The van der Waals surface area contributed by atoms with E-state index in [-0.39, 0.29) is 29.2 Å². The Balaban J connectivity index is 0.00000225. The van der Waals surface area contributed by atoms with E-state index in [1.54, 1.807) is 24.4 Å². The van der Waals surface area contributed by atoms with Gasteiger partial charge in [-0.1, -0.05) is 6.07 Å². The van der Waals surface area contributed by atoms with E-state index in [9.17, 15) is 13.2 Å². The number of imidazole rings is 1. The summed E-state index contributed by atoms with van der Waals surface area (Å²) in [5.74, 6) is 0.238. The SMILES string of the molecule is CS(=O)(=O)c1nc(C(=O)NCCC2CCCNC2)c2ccccn12.Cl. The number of carbonyl (C=O) groups excluding carboxylic acids is 1. The molecular formula is C16H23ClN4O3S. The molecule has 3 rings (SSSR count). The summed E-state index contributed by atoms with van der Waals surface area (Å²) in [5, 5.41) is 6.11. The summed E-state index contributed by atoms with van der Waals surface area (Å²) in [6, 6.07) is 5.16. The van der Waals surface area contributed by atoms with Crippen LogP contribution in [0.5, 0.6) is 0 Å². The number of sulfone groups is 1. The summed E-state index contributed by atoms with van der Waals surface area (Å²) in [7, 11) is -3.52. The highest BCUT2D eigenvalue weighted by atomic mass is 35.5. The quantitative estimate of drug-likeness (QED) is 0.807. The molecule has 2 aromatic heterocycles. The molecule has 2 N–H and O–H groups in total. The van der Waals surface area contributed by atoms with Gasteiger partial charge in [0.2, 0.25) is 15.0 Å². The third kappa shape index (κ3) is 4.50. The number of halogens is 1. The predicted octanol–water partition coefficient (Wildman–Crippen LogP) is 1.28. The van der Waals surface area contributed by atoms with Crippen molar-refractivity contribution in [2.24, 2.45) is 5.92 Å². The summed E-state index contributed by atoms with van der Waals surface area (Å²) < 4.78 is 25.2. The number of pyridine rings is 1. The molecule has 9 heteroatoms. The molecule has 1 aliphatic heterocycles. The van der Waals surface area contributed by atoms with Crippen LogP contribution in [0.1, 0.15) is 29.8 Å². The molecule has 138 valence electrons. The third-order valence-corrected chi connectivity index (χ3v) is 5.25. The van der Waals surface area contributed by atoms with Crippen molar-refractivity contribution in [3.05, 3.63) is 30.1 Å². The van der Waals surface area contributed by atoms with E-state index in [0.29, 0.717) is 18.0 Å². The van der Waals surface area contributed by atoms with Crippen molar-refractivity contribution < 1.29 is 13.2 Å². The number of carbonyl (C=O) groups is 1. The van der Waals surface area contributed by atoms with Gasteiger partial charge in [-0.15, -0.1) is 12.4 Å². The molecular weight excluding hydrogens is 364 g/mol. The number of aromatic nitrogens is 2. The summed E-state index contributed by atoms with van der Waals surface area (Å²) in [6.07, 6.45) is 5.94.